The maximum atomic E-state index is 5.77. The zero-order valence-electron chi connectivity index (χ0n) is 10.9. The van der Waals surface area contributed by atoms with Gasteiger partial charge in [-0.3, -0.25) is 5.32 Å². The zero-order chi connectivity index (χ0) is 12.8. The predicted molar refractivity (Wildman–Crippen MR) is 73.8 cm³/mol. The van der Waals surface area contributed by atoms with Crippen LogP contribution < -0.4 is 11.1 Å². The molecule has 1 aromatic rings. The molecule has 0 bridgehead atoms. The fraction of sp³-hybridized carbons (Fsp3) is 0.467. The van der Waals surface area contributed by atoms with Crippen molar-refractivity contribution in [2.75, 3.05) is 6.54 Å². The van der Waals surface area contributed by atoms with Gasteiger partial charge in [-0.2, -0.15) is 0 Å². The van der Waals surface area contributed by atoms with Gasteiger partial charge in [-0.15, -0.1) is 6.42 Å². The van der Waals surface area contributed by atoms with Gasteiger partial charge in [-0.25, -0.2) is 0 Å². The van der Waals surface area contributed by atoms with Gasteiger partial charge >= 0.3 is 0 Å². The summed E-state index contributed by atoms with van der Waals surface area (Å²) < 4.78 is 0. The SMILES string of the molecule is C#CC(C)NC(CN)c1ccc(C(C)C)cc1. The summed E-state index contributed by atoms with van der Waals surface area (Å²) in [6, 6.07) is 8.73. The Balaban J connectivity index is 2.79. The molecular formula is C15H22N2. The molecule has 2 unspecified atom stereocenters. The second kappa shape index (κ2) is 6.44. The Kier molecular flexibility index (Phi) is 5.21. The third-order valence-corrected chi connectivity index (χ3v) is 2.94. The van der Waals surface area contributed by atoms with E-state index in [0.717, 1.165) is 0 Å². The fourth-order valence-corrected chi connectivity index (χ4v) is 1.76. The molecule has 0 aliphatic heterocycles. The van der Waals surface area contributed by atoms with Gasteiger partial charge in [0.05, 0.1) is 6.04 Å². The van der Waals surface area contributed by atoms with Crippen molar-refractivity contribution < 1.29 is 0 Å². The largest absolute Gasteiger partial charge is 0.329 e. The highest BCUT2D eigenvalue weighted by atomic mass is 15.0. The van der Waals surface area contributed by atoms with E-state index < -0.39 is 0 Å². The molecule has 0 heterocycles. The normalized spacial score (nSPS) is 14.4. The fourth-order valence-electron chi connectivity index (χ4n) is 1.76. The number of terminal acetylenes is 1. The van der Waals surface area contributed by atoms with Crippen LogP contribution in [0, 0.1) is 12.3 Å². The smallest absolute Gasteiger partial charge is 0.0663 e. The maximum Gasteiger partial charge on any atom is 0.0663 e. The van der Waals surface area contributed by atoms with Crippen molar-refractivity contribution in [2.45, 2.75) is 38.8 Å². The van der Waals surface area contributed by atoms with E-state index in [1.807, 2.05) is 6.92 Å². The summed E-state index contributed by atoms with van der Waals surface area (Å²) >= 11 is 0. The molecule has 0 radical (unpaired) electrons. The third-order valence-electron chi connectivity index (χ3n) is 2.94. The molecule has 17 heavy (non-hydrogen) atoms. The number of nitrogens with two attached hydrogens (primary N) is 1. The highest BCUT2D eigenvalue weighted by Crippen LogP contribution is 2.18. The molecule has 2 atom stereocenters. The van der Waals surface area contributed by atoms with Gasteiger partial charge in [-0.05, 0) is 24.0 Å². The summed E-state index contributed by atoms with van der Waals surface area (Å²) in [5.41, 5.74) is 8.31. The maximum absolute atomic E-state index is 5.77. The molecule has 1 rings (SSSR count). The average Bonchev–Trinajstić information content (AvgIpc) is 2.35. The minimum atomic E-state index is 0.0355. The summed E-state index contributed by atoms with van der Waals surface area (Å²) in [4.78, 5) is 0. The van der Waals surface area contributed by atoms with Crippen molar-refractivity contribution >= 4 is 0 Å². The summed E-state index contributed by atoms with van der Waals surface area (Å²) in [6.07, 6.45) is 5.36. The van der Waals surface area contributed by atoms with Crippen LogP contribution in [-0.2, 0) is 0 Å². The van der Waals surface area contributed by atoms with Crippen LogP contribution in [0.4, 0.5) is 0 Å². The van der Waals surface area contributed by atoms with E-state index in [4.69, 9.17) is 12.2 Å². The first kappa shape index (κ1) is 13.8. The van der Waals surface area contributed by atoms with Gasteiger partial charge in [0.25, 0.3) is 0 Å². The van der Waals surface area contributed by atoms with Gasteiger partial charge in [-0.1, -0.05) is 44.0 Å². The monoisotopic (exact) mass is 230 g/mol. The molecule has 0 saturated heterocycles. The first-order valence-corrected chi connectivity index (χ1v) is 6.10. The Bertz CT molecular complexity index is 373. The summed E-state index contributed by atoms with van der Waals surface area (Å²) in [5.74, 6) is 3.22. The van der Waals surface area contributed by atoms with E-state index in [-0.39, 0.29) is 12.1 Å². The lowest BCUT2D eigenvalue weighted by atomic mass is 9.99. The Labute approximate surface area is 105 Å². The first-order valence-electron chi connectivity index (χ1n) is 6.10. The number of hydrogen-bond acceptors (Lipinski definition) is 2. The van der Waals surface area contributed by atoms with Crippen molar-refractivity contribution in [3.63, 3.8) is 0 Å². The topological polar surface area (TPSA) is 38.0 Å². The van der Waals surface area contributed by atoms with Crippen LogP contribution in [0.25, 0.3) is 0 Å². The van der Waals surface area contributed by atoms with Crippen LogP contribution in [0.2, 0.25) is 0 Å². The second-order valence-electron chi connectivity index (χ2n) is 4.66. The van der Waals surface area contributed by atoms with Crippen LogP contribution >= 0.6 is 0 Å². The highest BCUT2D eigenvalue weighted by Gasteiger charge is 2.11. The quantitative estimate of drug-likeness (QED) is 0.762. The lowest BCUT2D eigenvalue weighted by molar-refractivity contribution is 0.518. The lowest BCUT2D eigenvalue weighted by Gasteiger charge is -2.20. The van der Waals surface area contributed by atoms with E-state index in [1.54, 1.807) is 0 Å². The Morgan fingerprint density at radius 1 is 1.18 bits per heavy atom. The highest BCUT2D eigenvalue weighted by molar-refractivity contribution is 5.27. The van der Waals surface area contributed by atoms with E-state index in [2.05, 4.69) is 49.4 Å². The Morgan fingerprint density at radius 2 is 1.71 bits per heavy atom. The molecular weight excluding hydrogens is 208 g/mol. The van der Waals surface area contributed by atoms with Crippen LogP contribution in [-0.4, -0.2) is 12.6 Å². The molecule has 1 aromatic carbocycles. The van der Waals surface area contributed by atoms with Crippen molar-refractivity contribution in [3.05, 3.63) is 35.4 Å². The van der Waals surface area contributed by atoms with Crippen molar-refractivity contribution in [1.29, 1.82) is 0 Å². The minimum absolute atomic E-state index is 0.0355. The molecule has 0 aliphatic carbocycles. The van der Waals surface area contributed by atoms with Crippen LogP contribution in [0.1, 0.15) is 43.9 Å². The van der Waals surface area contributed by atoms with Gasteiger partial charge in [0.1, 0.15) is 0 Å². The molecule has 2 nitrogen and oxygen atoms in total. The van der Waals surface area contributed by atoms with Crippen molar-refractivity contribution in [2.24, 2.45) is 5.73 Å². The second-order valence-corrected chi connectivity index (χ2v) is 4.66. The summed E-state index contributed by atoms with van der Waals surface area (Å²) in [5, 5.41) is 3.32. The van der Waals surface area contributed by atoms with E-state index >= 15 is 0 Å². The minimum Gasteiger partial charge on any atom is -0.329 e. The van der Waals surface area contributed by atoms with Gasteiger partial charge in [0, 0.05) is 12.6 Å². The summed E-state index contributed by atoms with van der Waals surface area (Å²) in [7, 11) is 0. The predicted octanol–water partition coefficient (Wildman–Crippen LogP) is 2.42. The number of hydrogen-bond donors (Lipinski definition) is 2. The van der Waals surface area contributed by atoms with E-state index in [0.29, 0.717) is 12.5 Å². The third kappa shape index (κ3) is 3.89. The molecule has 0 aliphatic rings. The first-order chi connectivity index (χ1) is 8.08. The molecule has 0 spiro atoms. The van der Waals surface area contributed by atoms with Crippen molar-refractivity contribution in [3.8, 4) is 12.3 Å². The van der Waals surface area contributed by atoms with Gasteiger partial charge in [0.2, 0.25) is 0 Å². The van der Waals surface area contributed by atoms with E-state index in [9.17, 15) is 0 Å². The molecule has 0 amide bonds. The van der Waals surface area contributed by atoms with Crippen LogP contribution in [0.5, 0.6) is 0 Å². The molecule has 3 N–H and O–H groups in total. The van der Waals surface area contributed by atoms with Crippen LogP contribution in [0.3, 0.4) is 0 Å². The number of nitrogens with one attached hydrogen (secondary N) is 1. The van der Waals surface area contributed by atoms with Gasteiger partial charge in [0.15, 0.2) is 0 Å². The Morgan fingerprint density at radius 3 is 2.12 bits per heavy atom. The standard InChI is InChI=1S/C15H22N2/c1-5-12(4)17-15(10-16)14-8-6-13(7-9-14)11(2)3/h1,6-9,11-12,15,17H,10,16H2,2-4H3. The lowest BCUT2D eigenvalue weighted by Crippen LogP contribution is -2.34. The van der Waals surface area contributed by atoms with Gasteiger partial charge < -0.3 is 5.73 Å². The van der Waals surface area contributed by atoms with E-state index in [1.165, 1.54) is 11.1 Å². The molecule has 2 heteroatoms. The average molecular weight is 230 g/mol. The Hall–Kier alpha value is -1.30. The number of rotatable bonds is 5. The van der Waals surface area contributed by atoms with Crippen LogP contribution in [0.15, 0.2) is 24.3 Å². The molecule has 0 fully saturated rings. The zero-order valence-corrected chi connectivity index (χ0v) is 10.9. The molecule has 0 saturated carbocycles. The van der Waals surface area contributed by atoms with Crippen molar-refractivity contribution in [1.82, 2.24) is 5.32 Å². The molecule has 92 valence electrons. The number of benzene rings is 1. The summed E-state index contributed by atoms with van der Waals surface area (Å²) in [6.45, 7) is 6.89. The molecule has 0 aromatic heterocycles.